The number of nitrogens with zero attached hydrogens (tertiary/aromatic N) is 8. The Bertz CT molecular complexity index is 1900. The van der Waals surface area contributed by atoms with Crippen molar-refractivity contribution in [3.8, 4) is 11.4 Å². The molecule has 49 heavy (non-hydrogen) atoms. The van der Waals surface area contributed by atoms with Gasteiger partial charge in [-0.1, -0.05) is 19.1 Å². The zero-order chi connectivity index (χ0) is 34.0. The first-order valence-corrected chi connectivity index (χ1v) is 16.7. The van der Waals surface area contributed by atoms with Crippen LogP contribution >= 0.6 is 0 Å². The third-order valence-electron chi connectivity index (χ3n) is 9.48. The van der Waals surface area contributed by atoms with E-state index >= 15 is 0 Å². The quantitative estimate of drug-likeness (QED) is 0.201. The molecule has 0 bridgehead atoms. The van der Waals surface area contributed by atoms with E-state index in [4.69, 9.17) is 14.2 Å². The molecule has 3 atom stereocenters. The Balaban J connectivity index is 0.922. The molecule has 2 fully saturated rings. The van der Waals surface area contributed by atoms with Gasteiger partial charge in [0.05, 0.1) is 18.7 Å². The van der Waals surface area contributed by atoms with Gasteiger partial charge in [0.1, 0.15) is 42.8 Å². The number of piperazine rings is 1. The molecule has 0 radical (unpaired) electrons. The average molecular weight is 669 g/mol. The summed E-state index contributed by atoms with van der Waals surface area (Å²) in [6.07, 6.45) is 4.11. The fraction of sp³-hybridized carbons (Fsp3) is 0.389. The van der Waals surface area contributed by atoms with E-state index in [1.807, 2.05) is 42.8 Å². The highest BCUT2D eigenvalue weighted by Gasteiger charge is 2.44. The third kappa shape index (κ3) is 6.81. The molecule has 0 saturated carbocycles. The number of ether oxygens (including phenoxy) is 3. The lowest BCUT2D eigenvalue weighted by Crippen LogP contribution is -2.46. The van der Waals surface area contributed by atoms with Crippen molar-refractivity contribution in [3.05, 3.63) is 113 Å². The van der Waals surface area contributed by atoms with Crippen LogP contribution < -0.4 is 20.2 Å². The summed E-state index contributed by atoms with van der Waals surface area (Å²) in [4.78, 5) is 17.5. The van der Waals surface area contributed by atoms with Crippen LogP contribution in [0.15, 0.2) is 90.2 Å². The Morgan fingerprint density at radius 1 is 0.918 bits per heavy atom. The molecule has 2 saturated heterocycles. The Kier molecular flexibility index (Phi) is 9.19. The minimum Gasteiger partial charge on any atom is -0.491 e. The van der Waals surface area contributed by atoms with E-state index in [0.29, 0.717) is 31.0 Å². The number of aromatic nitrogens is 6. The fourth-order valence-electron chi connectivity index (χ4n) is 6.33. The largest absolute Gasteiger partial charge is 0.491 e. The van der Waals surface area contributed by atoms with E-state index in [1.165, 1.54) is 16.8 Å². The van der Waals surface area contributed by atoms with Gasteiger partial charge < -0.3 is 28.6 Å². The number of aryl methyl sites for hydroxylation is 1. The van der Waals surface area contributed by atoms with Crippen molar-refractivity contribution < 1.29 is 18.6 Å². The number of anilines is 2. The molecule has 5 aromatic rings. The van der Waals surface area contributed by atoms with Gasteiger partial charge in [-0.25, -0.2) is 9.18 Å². The van der Waals surface area contributed by atoms with Crippen molar-refractivity contribution in [2.45, 2.75) is 44.6 Å². The molecule has 2 aromatic heterocycles. The molecule has 13 heteroatoms. The van der Waals surface area contributed by atoms with Gasteiger partial charge in [-0.15, -0.1) is 10.2 Å². The predicted octanol–water partition coefficient (Wildman–Crippen LogP) is 4.49. The summed E-state index contributed by atoms with van der Waals surface area (Å²) in [7, 11) is 1.86. The molecule has 256 valence electrons. The van der Waals surface area contributed by atoms with Gasteiger partial charge in [-0.2, -0.15) is 9.78 Å². The van der Waals surface area contributed by atoms with E-state index in [1.54, 1.807) is 29.4 Å². The van der Waals surface area contributed by atoms with Crippen LogP contribution in [0.3, 0.4) is 0 Å². The summed E-state index contributed by atoms with van der Waals surface area (Å²) in [6.45, 7) is 8.21. The van der Waals surface area contributed by atoms with Crippen LogP contribution in [0.2, 0.25) is 0 Å². The van der Waals surface area contributed by atoms with Crippen molar-refractivity contribution in [2.24, 2.45) is 7.05 Å². The highest BCUT2D eigenvalue weighted by atomic mass is 19.1. The first-order valence-electron chi connectivity index (χ1n) is 16.7. The monoisotopic (exact) mass is 668 g/mol. The number of hydrogen-bond acceptors (Lipinski definition) is 9. The van der Waals surface area contributed by atoms with E-state index in [9.17, 15) is 9.18 Å². The molecule has 7 rings (SSSR count). The van der Waals surface area contributed by atoms with Crippen LogP contribution in [0, 0.1) is 5.82 Å². The highest BCUT2D eigenvalue weighted by molar-refractivity contribution is 5.54. The predicted molar refractivity (Wildman–Crippen MR) is 183 cm³/mol. The van der Waals surface area contributed by atoms with Gasteiger partial charge >= 0.3 is 5.69 Å². The summed E-state index contributed by atoms with van der Waals surface area (Å²) in [6, 6.07) is 22.4. The first kappa shape index (κ1) is 32.5. The molecule has 3 aromatic carbocycles. The molecule has 0 amide bonds. The van der Waals surface area contributed by atoms with Gasteiger partial charge in [0.25, 0.3) is 0 Å². The Morgan fingerprint density at radius 2 is 1.55 bits per heavy atom. The highest BCUT2D eigenvalue weighted by Crippen LogP contribution is 2.37. The molecule has 0 spiro atoms. The van der Waals surface area contributed by atoms with Gasteiger partial charge in [0, 0.05) is 56.2 Å². The van der Waals surface area contributed by atoms with Crippen molar-refractivity contribution in [3.63, 3.8) is 0 Å². The van der Waals surface area contributed by atoms with Gasteiger partial charge in [-0.3, -0.25) is 4.57 Å². The Hall–Kier alpha value is -5.01. The zero-order valence-electron chi connectivity index (χ0n) is 28.0. The summed E-state index contributed by atoms with van der Waals surface area (Å²) >= 11 is 0. The van der Waals surface area contributed by atoms with Gasteiger partial charge in [-0.05, 0) is 74.0 Å². The molecule has 12 nitrogen and oxygen atoms in total. The minimum atomic E-state index is -1.12. The molecular formula is C36H41FN8O4. The molecule has 0 N–H and O–H groups in total. The van der Waals surface area contributed by atoms with Gasteiger partial charge in [0.2, 0.25) is 5.79 Å². The van der Waals surface area contributed by atoms with Crippen molar-refractivity contribution in [1.29, 1.82) is 0 Å². The average Bonchev–Trinajstić information content (AvgIpc) is 3.86. The van der Waals surface area contributed by atoms with Crippen molar-refractivity contribution in [2.75, 3.05) is 49.2 Å². The summed E-state index contributed by atoms with van der Waals surface area (Å²) in [5, 5.41) is 12.5. The van der Waals surface area contributed by atoms with Crippen LogP contribution in [0.1, 0.15) is 37.7 Å². The summed E-state index contributed by atoms with van der Waals surface area (Å²) in [5.41, 5.74) is 3.62. The maximum Gasteiger partial charge on any atom is 0.350 e. The van der Waals surface area contributed by atoms with E-state index in [-0.39, 0.29) is 23.7 Å². The first-order chi connectivity index (χ1) is 23.8. The smallest absolute Gasteiger partial charge is 0.350 e. The maximum absolute atomic E-state index is 13.7. The van der Waals surface area contributed by atoms with Crippen LogP contribution in [0.25, 0.3) is 5.69 Å². The third-order valence-corrected chi connectivity index (χ3v) is 9.48. The van der Waals surface area contributed by atoms with E-state index in [0.717, 1.165) is 55.4 Å². The lowest BCUT2D eigenvalue weighted by molar-refractivity contribution is -0.179. The maximum atomic E-state index is 13.7. The molecule has 2 aliphatic rings. The van der Waals surface area contributed by atoms with E-state index < -0.39 is 5.79 Å². The lowest BCUT2D eigenvalue weighted by Gasteiger charge is -2.37. The zero-order valence-corrected chi connectivity index (χ0v) is 28.0. The number of rotatable bonds is 11. The second kappa shape index (κ2) is 13.8. The topological polar surface area (TPSA) is 105 Å². The number of halogens is 1. The number of benzene rings is 3. The molecule has 0 aliphatic carbocycles. The van der Waals surface area contributed by atoms with Crippen LogP contribution in [-0.4, -0.2) is 74.6 Å². The van der Waals surface area contributed by atoms with Crippen LogP contribution in [0.5, 0.6) is 5.75 Å². The van der Waals surface area contributed by atoms with Crippen LogP contribution in [0.4, 0.5) is 15.8 Å². The van der Waals surface area contributed by atoms with Gasteiger partial charge in [0.15, 0.2) is 0 Å². The van der Waals surface area contributed by atoms with E-state index in [2.05, 4.69) is 56.3 Å². The molecule has 2 aliphatic heterocycles. The minimum absolute atomic E-state index is 0.111. The van der Waals surface area contributed by atoms with Crippen LogP contribution in [-0.2, 0) is 28.7 Å². The second-order valence-corrected chi connectivity index (χ2v) is 12.6. The fourth-order valence-corrected chi connectivity index (χ4v) is 6.33. The lowest BCUT2D eigenvalue weighted by atomic mass is 10.0. The Morgan fingerprint density at radius 3 is 2.16 bits per heavy atom. The normalized spacial score (nSPS) is 20.1. The molecule has 4 heterocycles. The van der Waals surface area contributed by atoms with Crippen molar-refractivity contribution >= 4 is 11.4 Å². The number of hydrogen-bond donors (Lipinski definition) is 0. The summed E-state index contributed by atoms with van der Waals surface area (Å²) in [5.74, 6) is -0.00784. The Labute approximate surface area is 284 Å². The van der Waals surface area contributed by atoms with Crippen molar-refractivity contribution in [1.82, 2.24) is 29.1 Å². The molecular weight excluding hydrogens is 627 g/mol. The summed E-state index contributed by atoms with van der Waals surface area (Å²) < 4.78 is 37.5. The SMILES string of the molecule is CCC(C)n1cnn(-c2ccc(N3CCN(c4ccc(OCC5COC(Cc6nncn6C)(c6ccc(F)cc6)O5)cc4)CC3)cc2)c1=O. The second-order valence-electron chi connectivity index (χ2n) is 12.6. The standard InChI is InChI=1S/C36H41FN8O4/c1-4-26(2)44-25-39-45(35(44)46)31-11-9-29(10-12-31)42-17-19-43(20-18-42)30-13-15-32(16-14-30)47-22-33-23-48-36(49-33,21-34-40-38-24-41(34)3)27-5-7-28(37)8-6-27/h5-16,24-26,33H,4,17-23H2,1-3H3. The molecule has 3 unspecified atom stereocenters.